The third kappa shape index (κ3) is 3.71. The largest absolute Gasteiger partial charge is 0.478 e. The molecule has 0 bridgehead atoms. The van der Waals surface area contributed by atoms with Crippen molar-refractivity contribution in [2.24, 2.45) is 7.05 Å². The van der Waals surface area contributed by atoms with Crippen molar-refractivity contribution in [3.63, 3.8) is 0 Å². The molecule has 0 radical (unpaired) electrons. The second-order valence-corrected chi connectivity index (χ2v) is 5.37. The maximum absolute atomic E-state index is 5.42. The van der Waals surface area contributed by atoms with Gasteiger partial charge in [0.1, 0.15) is 12.1 Å². The lowest BCUT2D eigenvalue weighted by molar-refractivity contribution is 0.326. The lowest BCUT2D eigenvalue weighted by Gasteiger charge is -2.18. The van der Waals surface area contributed by atoms with Gasteiger partial charge in [-0.2, -0.15) is 5.10 Å². The van der Waals surface area contributed by atoms with Crippen molar-refractivity contribution in [3.05, 3.63) is 29.8 Å². The zero-order chi connectivity index (χ0) is 15.4. The first kappa shape index (κ1) is 15.3. The average Bonchev–Trinajstić information content (AvgIpc) is 2.80. The molecule has 6 heteroatoms. The fraction of sp³-hybridized carbons (Fsp3) is 0.533. The molecule has 0 fully saturated rings. The van der Waals surface area contributed by atoms with Crippen molar-refractivity contribution in [2.45, 2.75) is 33.2 Å². The van der Waals surface area contributed by atoms with Gasteiger partial charge in [-0.25, -0.2) is 9.97 Å². The van der Waals surface area contributed by atoms with E-state index in [9.17, 15) is 0 Å². The number of aromatic nitrogens is 4. The molecule has 2 aromatic rings. The minimum atomic E-state index is 0.402. The number of rotatable bonds is 6. The van der Waals surface area contributed by atoms with E-state index in [1.807, 2.05) is 31.8 Å². The van der Waals surface area contributed by atoms with Crippen molar-refractivity contribution in [3.8, 4) is 5.88 Å². The summed E-state index contributed by atoms with van der Waals surface area (Å²) in [6.45, 7) is 7.60. The summed E-state index contributed by atoms with van der Waals surface area (Å²) in [5, 5.41) is 4.54. The Labute approximate surface area is 125 Å². The van der Waals surface area contributed by atoms with Gasteiger partial charge in [-0.1, -0.05) is 13.8 Å². The highest BCUT2D eigenvalue weighted by Gasteiger charge is 2.14. The van der Waals surface area contributed by atoms with Crippen LogP contribution in [0.5, 0.6) is 5.88 Å². The lowest BCUT2D eigenvalue weighted by atomic mass is 10.1. The van der Waals surface area contributed by atoms with Gasteiger partial charge in [0.15, 0.2) is 0 Å². The van der Waals surface area contributed by atoms with Crippen molar-refractivity contribution in [1.29, 1.82) is 0 Å². The zero-order valence-electron chi connectivity index (χ0n) is 13.4. The third-order valence-corrected chi connectivity index (χ3v) is 3.20. The van der Waals surface area contributed by atoms with E-state index in [-0.39, 0.29) is 0 Å². The van der Waals surface area contributed by atoms with E-state index in [2.05, 4.69) is 40.0 Å². The molecule has 114 valence electrons. The van der Waals surface area contributed by atoms with Crippen LogP contribution in [0.25, 0.3) is 0 Å². The Bertz CT molecular complexity index is 593. The Morgan fingerprint density at radius 1 is 1.33 bits per heavy atom. The van der Waals surface area contributed by atoms with Crippen molar-refractivity contribution < 1.29 is 4.74 Å². The van der Waals surface area contributed by atoms with Gasteiger partial charge in [-0.05, 0) is 12.8 Å². The Kier molecular flexibility index (Phi) is 4.77. The number of aryl methyl sites for hydroxylation is 1. The Morgan fingerprint density at radius 3 is 2.76 bits per heavy atom. The molecule has 0 atom stereocenters. The maximum atomic E-state index is 5.42. The molecular weight excluding hydrogens is 266 g/mol. The fourth-order valence-electron chi connectivity index (χ4n) is 2.26. The standard InChI is InChI=1S/C15H23N5O/c1-6-21-14-7-13(16-10-17-14)19(4)8-12-9-20(5)18-15(12)11(2)3/h7,9-11H,6,8H2,1-5H3. The van der Waals surface area contributed by atoms with Crippen LogP contribution in [0.4, 0.5) is 5.82 Å². The topological polar surface area (TPSA) is 56.1 Å². The van der Waals surface area contributed by atoms with Crippen LogP contribution in [0.3, 0.4) is 0 Å². The second-order valence-electron chi connectivity index (χ2n) is 5.37. The smallest absolute Gasteiger partial charge is 0.218 e. The van der Waals surface area contributed by atoms with Gasteiger partial charge >= 0.3 is 0 Å². The molecular formula is C15H23N5O. The first-order chi connectivity index (χ1) is 10.0. The SMILES string of the molecule is CCOc1cc(N(C)Cc2cn(C)nc2C(C)C)ncn1. The van der Waals surface area contributed by atoms with Crippen LogP contribution in [0.2, 0.25) is 0 Å². The highest BCUT2D eigenvalue weighted by Crippen LogP contribution is 2.21. The van der Waals surface area contributed by atoms with Gasteiger partial charge in [-0.3, -0.25) is 4.68 Å². The van der Waals surface area contributed by atoms with E-state index in [1.54, 1.807) is 0 Å². The van der Waals surface area contributed by atoms with Crippen LogP contribution in [0, 0.1) is 0 Å². The van der Waals surface area contributed by atoms with Crippen molar-refractivity contribution >= 4 is 5.82 Å². The number of ether oxygens (including phenoxy) is 1. The summed E-state index contributed by atoms with van der Waals surface area (Å²) in [4.78, 5) is 10.5. The van der Waals surface area contributed by atoms with Crippen LogP contribution < -0.4 is 9.64 Å². The molecule has 0 aromatic carbocycles. The minimum Gasteiger partial charge on any atom is -0.478 e. The highest BCUT2D eigenvalue weighted by molar-refractivity contribution is 5.41. The second kappa shape index (κ2) is 6.56. The summed E-state index contributed by atoms with van der Waals surface area (Å²) in [6.07, 6.45) is 3.60. The van der Waals surface area contributed by atoms with E-state index >= 15 is 0 Å². The molecule has 2 heterocycles. The molecule has 6 nitrogen and oxygen atoms in total. The molecule has 21 heavy (non-hydrogen) atoms. The van der Waals surface area contributed by atoms with Crippen LogP contribution in [-0.2, 0) is 13.6 Å². The van der Waals surface area contributed by atoms with Gasteiger partial charge in [0.05, 0.1) is 12.3 Å². The molecule has 0 unspecified atom stereocenters. The summed E-state index contributed by atoms with van der Waals surface area (Å²) in [6, 6.07) is 1.86. The summed E-state index contributed by atoms with van der Waals surface area (Å²) in [5.41, 5.74) is 2.34. The molecule has 0 saturated heterocycles. The summed E-state index contributed by atoms with van der Waals surface area (Å²) >= 11 is 0. The average molecular weight is 289 g/mol. The van der Waals surface area contributed by atoms with Gasteiger partial charge in [0, 0.05) is 38.5 Å². The molecule has 0 N–H and O–H groups in total. The molecule has 0 aliphatic rings. The van der Waals surface area contributed by atoms with Crippen LogP contribution in [-0.4, -0.2) is 33.4 Å². The number of nitrogens with zero attached hydrogens (tertiary/aromatic N) is 5. The Balaban J connectivity index is 2.17. The molecule has 0 saturated carbocycles. The van der Waals surface area contributed by atoms with E-state index in [1.165, 1.54) is 11.9 Å². The van der Waals surface area contributed by atoms with Gasteiger partial charge in [0.2, 0.25) is 5.88 Å². The molecule has 2 aromatic heterocycles. The van der Waals surface area contributed by atoms with Crippen LogP contribution >= 0.6 is 0 Å². The zero-order valence-corrected chi connectivity index (χ0v) is 13.4. The summed E-state index contributed by atoms with van der Waals surface area (Å²) < 4.78 is 7.28. The molecule has 0 aliphatic heterocycles. The first-order valence-corrected chi connectivity index (χ1v) is 7.19. The Morgan fingerprint density at radius 2 is 2.10 bits per heavy atom. The first-order valence-electron chi connectivity index (χ1n) is 7.19. The highest BCUT2D eigenvalue weighted by atomic mass is 16.5. The van der Waals surface area contributed by atoms with Gasteiger partial charge in [0.25, 0.3) is 0 Å². The summed E-state index contributed by atoms with van der Waals surface area (Å²) in [7, 11) is 3.96. The molecule has 0 amide bonds. The fourth-order valence-corrected chi connectivity index (χ4v) is 2.26. The normalized spacial score (nSPS) is 11.0. The van der Waals surface area contributed by atoms with Crippen LogP contribution in [0.1, 0.15) is 37.9 Å². The number of hydrogen-bond acceptors (Lipinski definition) is 5. The van der Waals surface area contributed by atoms with Crippen LogP contribution in [0.15, 0.2) is 18.6 Å². The number of anilines is 1. The predicted octanol–water partition coefficient (Wildman–Crippen LogP) is 2.37. The van der Waals surface area contributed by atoms with Gasteiger partial charge < -0.3 is 9.64 Å². The number of hydrogen-bond donors (Lipinski definition) is 0. The minimum absolute atomic E-state index is 0.402. The predicted molar refractivity (Wildman–Crippen MR) is 82.6 cm³/mol. The lowest BCUT2D eigenvalue weighted by Crippen LogP contribution is -2.18. The van der Waals surface area contributed by atoms with Crippen molar-refractivity contribution in [2.75, 3.05) is 18.6 Å². The Hall–Kier alpha value is -2.11. The van der Waals surface area contributed by atoms with E-state index < -0.39 is 0 Å². The maximum Gasteiger partial charge on any atom is 0.218 e. The molecule has 2 rings (SSSR count). The summed E-state index contributed by atoms with van der Waals surface area (Å²) in [5.74, 6) is 1.84. The van der Waals surface area contributed by atoms with E-state index in [0.29, 0.717) is 18.4 Å². The monoisotopic (exact) mass is 289 g/mol. The van der Waals surface area contributed by atoms with E-state index in [0.717, 1.165) is 18.1 Å². The molecule has 0 spiro atoms. The quantitative estimate of drug-likeness (QED) is 0.817. The third-order valence-electron chi connectivity index (χ3n) is 3.20. The molecule has 0 aliphatic carbocycles. The van der Waals surface area contributed by atoms with Crippen molar-refractivity contribution in [1.82, 2.24) is 19.7 Å². The van der Waals surface area contributed by atoms with E-state index in [4.69, 9.17) is 4.74 Å². The van der Waals surface area contributed by atoms with Gasteiger partial charge in [-0.15, -0.1) is 0 Å².